The molecule has 0 unspecified atom stereocenters. The molecule has 136 valence electrons. The first kappa shape index (κ1) is 17.2. The van der Waals surface area contributed by atoms with Crippen molar-refractivity contribution in [3.05, 3.63) is 52.3 Å². The molecular weight excluding hydrogens is 375 g/mol. The molecule has 0 saturated carbocycles. The number of nitrogens with one attached hydrogen (secondary N) is 1. The number of hydrogen-bond acceptors (Lipinski definition) is 4. The highest BCUT2D eigenvalue weighted by Crippen LogP contribution is 2.30. The minimum Gasteiger partial charge on any atom is -0.354 e. The molecule has 0 radical (unpaired) electrons. The first-order valence-corrected chi connectivity index (χ1v) is 10.9. The second kappa shape index (κ2) is 6.21. The lowest BCUT2D eigenvalue weighted by atomic mass is 10.1. The van der Waals surface area contributed by atoms with Crippen LogP contribution in [0.25, 0.3) is 10.9 Å². The molecule has 4 rings (SSSR count). The largest absolute Gasteiger partial charge is 0.354 e. The van der Waals surface area contributed by atoms with E-state index in [-0.39, 0.29) is 15.9 Å². The van der Waals surface area contributed by atoms with E-state index >= 15 is 0 Å². The highest BCUT2D eigenvalue weighted by atomic mass is 32.2. The number of H-pyrrole nitrogens is 1. The van der Waals surface area contributed by atoms with E-state index in [1.54, 1.807) is 17.0 Å². The van der Waals surface area contributed by atoms with Crippen molar-refractivity contribution in [1.82, 2.24) is 9.88 Å². The number of fused-ring (bicyclic) bond motifs is 3. The minimum absolute atomic E-state index is 0.184. The summed E-state index contributed by atoms with van der Waals surface area (Å²) >= 11 is 0.988. The molecule has 0 spiro atoms. The van der Waals surface area contributed by atoms with Crippen molar-refractivity contribution in [2.75, 3.05) is 12.8 Å². The van der Waals surface area contributed by atoms with Crippen molar-refractivity contribution in [2.24, 2.45) is 0 Å². The average molecular weight is 392 g/mol. The number of aromatic nitrogens is 1. The molecule has 3 heterocycles. The number of carbonyl (C=O) groups is 1. The van der Waals surface area contributed by atoms with Gasteiger partial charge in [0.1, 0.15) is 10.0 Å². The van der Waals surface area contributed by atoms with Gasteiger partial charge >= 0.3 is 0 Å². The number of halogens is 1. The van der Waals surface area contributed by atoms with Crippen molar-refractivity contribution in [2.45, 2.75) is 23.6 Å². The van der Waals surface area contributed by atoms with Crippen LogP contribution in [-0.4, -0.2) is 37.0 Å². The van der Waals surface area contributed by atoms with Crippen LogP contribution in [0, 0.1) is 5.82 Å². The predicted octanol–water partition coefficient (Wildman–Crippen LogP) is 3.36. The monoisotopic (exact) mass is 392 g/mol. The average Bonchev–Trinajstić information content (AvgIpc) is 3.15. The summed E-state index contributed by atoms with van der Waals surface area (Å²) in [5.41, 5.74) is 2.37. The Bertz CT molecular complexity index is 1110. The number of amides is 1. The first-order valence-electron chi connectivity index (χ1n) is 8.21. The summed E-state index contributed by atoms with van der Waals surface area (Å²) in [7, 11) is -3.32. The summed E-state index contributed by atoms with van der Waals surface area (Å²) in [5.74, 6) is -0.499. The lowest BCUT2D eigenvalue weighted by Crippen LogP contribution is -2.30. The molecule has 5 nitrogen and oxygen atoms in total. The lowest BCUT2D eigenvalue weighted by Gasteiger charge is -2.19. The highest BCUT2D eigenvalue weighted by molar-refractivity contribution is 7.92. The van der Waals surface area contributed by atoms with Crippen molar-refractivity contribution in [3.8, 4) is 0 Å². The summed E-state index contributed by atoms with van der Waals surface area (Å²) in [5, 5.41) is 0.866. The van der Waals surface area contributed by atoms with Crippen LogP contribution >= 0.6 is 11.3 Å². The lowest BCUT2D eigenvalue weighted by molar-refractivity contribution is 0.0749. The van der Waals surface area contributed by atoms with Crippen LogP contribution in [0.15, 0.2) is 34.5 Å². The van der Waals surface area contributed by atoms with Gasteiger partial charge in [0.15, 0.2) is 9.84 Å². The zero-order valence-electron chi connectivity index (χ0n) is 14.1. The third-order valence-corrected chi connectivity index (χ3v) is 7.52. The van der Waals surface area contributed by atoms with Crippen LogP contribution in [-0.2, 0) is 22.8 Å². The molecule has 26 heavy (non-hydrogen) atoms. The fourth-order valence-corrected chi connectivity index (χ4v) is 5.29. The topological polar surface area (TPSA) is 70.2 Å². The Balaban J connectivity index is 1.67. The molecule has 1 amide bonds. The van der Waals surface area contributed by atoms with E-state index in [1.165, 1.54) is 12.1 Å². The normalized spacial score (nSPS) is 15.1. The Morgan fingerprint density at radius 1 is 1.27 bits per heavy atom. The number of aryl methyl sites for hydroxylation is 1. The minimum atomic E-state index is -3.32. The highest BCUT2D eigenvalue weighted by Gasteiger charge is 2.25. The molecule has 1 aliphatic rings. The van der Waals surface area contributed by atoms with Crippen LogP contribution in [0.2, 0.25) is 0 Å². The third kappa shape index (κ3) is 2.93. The van der Waals surface area contributed by atoms with Gasteiger partial charge in [0, 0.05) is 23.9 Å². The Hall–Kier alpha value is -2.19. The molecule has 1 aliphatic heterocycles. The molecule has 0 atom stereocenters. The van der Waals surface area contributed by atoms with Gasteiger partial charge in [0.2, 0.25) is 0 Å². The van der Waals surface area contributed by atoms with E-state index in [4.69, 9.17) is 0 Å². The number of rotatable bonds is 2. The number of nitrogens with zero attached hydrogens (tertiary/aromatic N) is 1. The number of aromatic amines is 1. The first-order chi connectivity index (χ1) is 12.3. The second-order valence-corrected chi connectivity index (χ2v) is 9.79. The fourth-order valence-electron chi connectivity index (χ4n) is 3.39. The van der Waals surface area contributed by atoms with Gasteiger partial charge in [0.05, 0.1) is 16.9 Å². The second-order valence-electron chi connectivity index (χ2n) is 6.47. The van der Waals surface area contributed by atoms with Gasteiger partial charge in [-0.2, -0.15) is 0 Å². The molecular formula is C18H17FN2O3S2. The van der Waals surface area contributed by atoms with Crippen LogP contribution in [0.1, 0.15) is 27.3 Å². The van der Waals surface area contributed by atoms with Gasteiger partial charge in [-0.25, -0.2) is 12.8 Å². The van der Waals surface area contributed by atoms with E-state index < -0.39 is 9.84 Å². The van der Waals surface area contributed by atoms with Crippen LogP contribution in [0.5, 0.6) is 0 Å². The fraction of sp³-hybridized carbons (Fsp3) is 0.278. The smallest absolute Gasteiger partial charge is 0.264 e. The summed E-state index contributed by atoms with van der Waals surface area (Å²) in [6, 6.07) is 8.02. The van der Waals surface area contributed by atoms with E-state index in [2.05, 4.69) is 4.98 Å². The molecule has 0 saturated heterocycles. The van der Waals surface area contributed by atoms with Crippen molar-refractivity contribution in [3.63, 3.8) is 0 Å². The Morgan fingerprint density at radius 3 is 2.81 bits per heavy atom. The maximum absolute atomic E-state index is 14.0. The maximum atomic E-state index is 14.0. The Labute approximate surface area is 154 Å². The summed E-state index contributed by atoms with van der Waals surface area (Å²) < 4.78 is 37.5. The van der Waals surface area contributed by atoms with Gasteiger partial charge in [-0.3, -0.25) is 4.79 Å². The molecule has 0 fully saturated rings. The summed E-state index contributed by atoms with van der Waals surface area (Å²) in [4.78, 5) is 18.1. The van der Waals surface area contributed by atoms with Crippen molar-refractivity contribution in [1.29, 1.82) is 0 Å². The Kier molecular flexibility index (Phi) is 4.11. The molecule has 0 aliphatic carbocycles. The van der Waals surface area contributed by atoms with Gasteiger partial charge in [0.25, 0.3) is 5.91 Å². The number of benzene rings is 1. The number of thiophene rings is 1. The molecule has 0 bridgehead atoms. The van der Waals surface area contributed by atoms with Gasteiger partial charge in [-0.15, -0.1) is 11.3 Å². The number of para-hydroxylation sites is 1. The van der Waals surface area contributed by atoms with Crippen molar-refractivity contribution < 1.29 is 17.6 Å². The van der Waals surface area contributed by atoms with Crippen molar-refractivity contribution >= 4 is 38.0 Å². The molecule has 1 N–H and O–H groups in total. The number of carbonyl (C=O) groups excluding carboxylic acids is 1. The quantitative estimate of drug-likeness (QED) is 0.727. The molecule has 1 aromatic carbocycles. The van der Waals surface area contributed by atoms with Crippen LogP contribution < -0.4 is 0 Å². The predicted molar refractivity (Wildman–Crippen MR) is 98.7 cm³/mol. The van der Waals surface area contributed by atoms with Crippen LogP contribution in [0.4, 0.5) is 4.39 Å². The zero-order valence-corrected chi connectivity index (χ0v) is 15.7. The van der Waals surface area contributed by atoms with E-state index in [9.17, 15) is 17.6 Å². The summed E-state index contributed by atoms with van der Waals surface area (Å²) in [6.45, 7) is 0.929. The standard InChI is InChI=1S/C18H17FN2O3S2/c1-26(23,24)16-8-7-15(25-16)18(22)21-9-3-5-11-12-4-2-6-13(19)17(12)20-14(11)10-21/h2,4,6-8,20H,3,5,9-10H2,1H3. The van der Waals surface area contributed by atoms with E-state index in [0.717, 1.165) is 47.1 Å². The SMILES string of the molecule is CS(=O)(=O)c1ccc(C(=O)N2CCCc3c([nH]c4c(F)cccc34)C2)s1. The molecule has 3 aromatic rings. The molecule has 2 aromatic heterocycles. The number of sulfone groups is 1. The molecule has 8 heteroatoms. The van der Waals surface area contributed by atoms with Gasteiger partial charge in [-0.1, -0.05) is 12.1 Å². The van der Waals surface area contributed by atoms with E-state index in [1.807, 2.05) is 6.07 Å². The Morgan fingerprint density at radius 2 is 2.08 bits per heavy atom. The summed E-state index contributed by atoms with van der Waals surface area (Å²) in [6.07, 6.45) is 2.67. The maximum Gasteiger partial charge on any atom is 0.264 e. The van der Waals surface area contributed by atoms with Crippen LogP contribution in [0.3, 0.4) is 0 Å². The van der Waals surface area contributed by atoms with Gasteiger partial charge in [-0.05, 0) is 36.6 Å². The third-order valence-electron chi connectivity index (χ3n) is 4.63. The van der Waals surface area contributed by atoms with Gasteiger partial charge < -0.3 is 9.88 Å². The number of hydrogen-bond donors (Lipinski definition) is 1. The zero-order chi connectivity index (χ0) is 18.5. The van der Waals surface area contributed by atoms with E-state index in [0.29, 0.717) is 23.5 Å².